The average Bonchev–Trinajstić information content (AvgIpc) is 2.35. The lowest BCUT2D eigenvalue weighted by molar-refractivity contribution is -0.144. The van der Waals surface area contributed by atoms with E-state index in [1.54, 1.807) is 0 Å². The monoisotopic (exact) mass is 292 g/mol. The van der Waals surface area contributed by atoms with Crippen molar-refractivity contribution >= 4 is 5.97 Å². The highest BCUT2D eigenvalue weighted by atomic mass is 19.4. The van der Waals surface area contributed by atoms with E-state index in [2.05, 4.69) is 4.74 Å². The summed E-state index contributed by atoms with van der Waals surface area (Å²) >= 11 is 0. The van der Waals surface area contributed by atoms with Crippen molar-refractivity contribution in [2.45, 2.75) is 31.7 Å². The standard InChI is InChI=1S/C13H15F3O4/c1-7-5-8(3-4-9(7)13(14,15)16)12(19)10(17)6-11(18)20-2/h3-5,10,12,17,19H,6H2,1-2H3. The molecule has 20 heavy (non-hydrogen) atoms. The van der Waals surface area contributed by atoms with Gasteiger partial charge in [-0.05, 0) is 24.1 Å². The van der Waals surface area contributed by atoms with E-state index >= 15 is 0 Å². The summed E-state index contributed by atoms with van der Waals surface area (Å²) in [5, 5.41) is 19.4. The van der Waals surface area contributed by atoms with Gasteiger partial charge >= 0.3 is 12.1 Å². The van der Waals surface area contributed by atoms with E-state index in [-0.39, 0.29) is 11.1 Å². The van der Waals surface area contributed by atoms with Gasteiger partial charge in [-0.3, -0.25) is 4.79 Å². The fraction of sp³-hybridized carbons (Fsp3) is 0.462. The van der Waals surface area contributed by atoms with Gasteiger partial charge < -0.3 is 14.9 Å². The third kappa shape index (κ3) is 3.94. The van der Waals surface area contributed by atoms with Crippen LogP contribution in [0.5, 0.6) is 0 Å². The van der Waals surface area contributed by atoms with Gasteiger partial charge in [-0.1, -0.05) is 12.1 Å². The first-order chi connectivity index (χ1) is 9.16. The summed E-state index contributed by atoms with van der Waals surface area (Å²) in [4.78, 5) is 11.0. The molecule has 2 atom stereocenters. The van der Waals surface area contributed by atoms with Gasteiger partial charge in [-0.2, -0.15) is 13.2 Å². The number of carbonyl (C=O) groups excluding carboxylic acids is 1. The molecular weight excluding hydrogens is 277 g/mol. The predicted molar refractivity (Wildman–Crippen MR) is 63.8 cm³/mol. The Bertz CT molecular complexity index is 485. The number of aryl methyl sites for hydroxylation is 1. The number of hydrogen-bond acceptors (Lipinski definition) is 4. The zero-order valence-electron chi connectivity index (χ0n) is 10.9. The number of benzene rings is 1. The Balaban J connectivity index is 2.92. The molecule has 0 radical (unpaired) electrons. The largest absolute Gasteiger partial charge is 0.469 e. The fourth-order valence-electron chi connectivity index (χ4n) is 1.78. The van der Waals surface area contributed by atoms with Crippen LogP contribution in [0, 0.1) is 6.92 Å². The van der Waals surface area contributed by atoms with E-state index in [4.69, 9.17) is 0 Å². The molecule has 7 heteroatoms. The summed E-state index contributed by atoms with van der Waals surface area (Å²) in [6.45, 7) is 1.26. The number of halogens is 3. The van der Waals surface area contributed by atoms with Gasteiger partial charge in [-0.15, -0.1) is 0 Å². The molecule has 0 bridgehead atoms. The number of ether oxygens (including phenoxy) is 1. The van der Waals surface area contributed by atoms with Gasteiger partial charge in [0.25, 0.3) is 0 Å². The van der Waals surface area contributed by atoms with E-state index in [0.717, 1.165) is 25.3 Å². The van der Waals surface area contributed by atoms with E-state index in [1.807, 2.05) is 0 Å². The van der Waals surface area contributed by atoms with Crippen LogP contribution in [0.4, 0.5) is 13.2 Å². The number of carbonyl (C=O) groups is 1. The maximum Gasteiger partial charge on any atom is 0.416 e. The zero-order valence-corrected chi connectivity index (χ0v) is 10.9. The number of aliphatic hydroxyl groups excluding tert-OH is 2. The maximum atomic E-state index is 12.6. The molecule has 0 amide bonds. The number of alkyl halides is 3. The van der Waals surface area contributed by atoms with Gasteiger partial charge in [0.15, 0.2) is 0 Å². The highest BCUT2D eigenvalue weighted by Crippen LogP contribution is 2.33. The zero-order chi connectivity index (χ0) is 15.5. The van der Waals surface area contributed by atoms with Crippen LogP contribution in [0.25, 0.3) is 0 Å². The normalized spacial score (nSPS) is 14.8. The van der Waals surface area contributed by atoms with Crippen LogP contribution >= 0.6 is 0 Å². The molecule has 1 rings (SSSR count). The van der Waals surface area contributed by atoms with Crippen LogP contribution in [0.2, 0.25) is 0 Å². The molecule has 0 saturated heterocycles. The van der Waals surface area contributed by atoms with Crippen molar-refractivity contribution in [1.82, 2.24) is 0 Å². The van der Waals surface area contributed by atoms with E-state index in [1.165, 1.54) is 6.92 Å². The number of methoxy groups -OCH3 is 1. The summed E-state index contributed by atoms with van der Waals surface area (Å²) in [7, 11) is 1.13. The van der Waals surface area contributed by atoms with Crippen molar-refractivity contribution in [2.24, 2.45) is 0 Å². The number of rotatable bonds is 4. The minimum atomic E-state index is -4.47. The smallest absolute Gasteiger partial charge is 0.416 e. The minimum Gasteiger partial charge on any atom is -0.469 e. The molecule has 0 aliphatic carbocycles. The van der Waals surface area contributed by atoms with Crippen LogP contribution in [-0.2, 0) is 15.7 Å². The number of esters is 1. The Hall–Kier alpha value is -1.60. The molecule has 0 fully saturated rings. The third-order valence-corrected chi connectivity index (χ3v) is 2.87. The summed E-state index contributed by atoms with van der Waals surface area (Å²) in [6, 6.07) is 3.04. The van der Waals surface area contributed by atoms with Gasteiger partial charge in [0.2, 0.25) is 0 Å². The molecule has 4 nitrogen and oxygen atoms in total. The average molecular weight is 292 g/mol. The molecule has 2 unspecified atom stereocenters. The number of aliphatic hydroxyl groups is 2. The fourth-order valence-corrected chi connectivity index (χ4v) is 1.78. The first-order valence-electron chi connectivity index (χ1n) is 5.77. The minimum absolute atomic E-state index is 0.0701. The van der Waals surface area contributed by atoms with Gasteiger partial charge in [0.05, 0.1) is 25.2 Å². The van der Waals surface area contributed by atoms with Gasteiger partial charge in [0.1, 0.15) is 6.10 Å². The van der Waals surface area contributed by atoms with Crippen LogP contribution in [-0.4, -0.2) is 29.4 Å². The second-order valence-corrected chi connectivity index (χ2v) is 4.36. The summed E-state index contributed by atoms with van der Waals surface area (Å²) in [5.74, 6) is -0.722. The van der Waals surface area contributed by atoms with Crippen molar-refractivity contribution in [3.63, 3.8) is 0 Å². The summed E-state index contributed by atoms with van der Waals surface area (Å²) < 4.78 is 42.1. The summed E-state index contributed by atoms with van der Waals surface area (Å²) in [5.41, 5.74) is -0.776. The molecule has 1 aromatic carbocycles. The lowest BCUT2D eigenvalue weighted by atomic mass is 9.97. The maximum absolute atomic E-state index is 12.6. The predicted octanol–water partition coefficient (Wildman–Crippen LogP) is 1.97. The van der Waals surface area contributed by atoms with Crippen molar-refractivity contribution < 1.29 is 32.9 Å². The highest BCUT2D eigenvalue weighted by molar-refractivity contribution is 5.69. The first-order valence-corrected chi connectivity index (χ1v) is 5.77. The molecule has 0 saturated carbocycles. The molecule has 1 aromatic rings. The molecule has 0 aromatic heterocycles. The Kier molecular flexibility index (Phi) is 5.13. The Morgan fingerprint density at radius 3 is 2.40 bits per heavy atom. The second-order valence-electron chi connectivity index (χ2n) is 4.36. The lowest BCUT2D eigenvalue weighted by Crippen LogP contribution is -2.23. The first kappa shape index (κ1) is 16.5. The molecular formula is C13H15F3O4. The van der Waals surface area contributed by atoms with Crippen LogP contribution < -0.4 is 0 Å². The Morgan fingerprint density at radius 2 is 1.95 bits per heavy atom. The van der Waals surface area contributed by atoms with E-state index < -0.39 is 36.3 Å². The van der Waals surface area contributed by atoms with Crippen LogP contribution in [0.1, 0.15) is 29.2 Å². The molecule has 0 heterocycles. The summed E-state index contributed by atoms with van der Waals surface area (Å²) in [6.07, 6.45) is -7.83. The third-order valence-electron chi connectivity index (χ3n) is 2.87. The van der Waals surface area contributed by atoms with Crippen molar-refractivity contribution in [1.29, 1.82) is 0 Å². The molecule has 112 valence electrons. The second kappa shape index (κ2) is 6.23. The molecule has 0 aliphatic heterocycles. The molecule has 0 spiro atoms. The van der Waals surface area contributed by atoms with Crippen molar-refractivity contribution in [3.8, 4) is 0 Å². The topological polar surface area (TPSA) is 66.8 Å². The van der Waals surface area contributed by atoms with Crippen molar-refractivity contribution in [3.05, 3.63) is 34.9 Å². The van der Waals surface area contributed by atoms with E-state index in [0.29, 0.717) is 0 Å². The van der Waals surface area contributed by atoms with E-state index in [9.17, 15) is 28.2 Å². The molecule has 0 aliphatic rings. The van der Waals surface area contributed by atoms with Gasteiger partial charge in [-0.25, -0.2) is 0 Å². The van der Waals surface area contributed by atoms with Crippen LogP contribution in [0.15, 0.2) is 18.2 Å². The van der Waals surface area contributed by atoms with Crippen LogP contribution in [0.3, 0.4) is 0 Å². The van der Waals surface area contributed by atoms with Gasteiger partial charge in [0, 0.05) is 0 Å². The Labute approximate surface area is 113 Å². The SMILES string of the molecule is COC(=O)CC(O)C(O)c1ccc(C(F)(F)F)c(C)c1. The number of hydrogen-bond donors (Lipinski definition) is 2. The Morgan fingerprint density at radius 1 is 1.35 bits per heavy atom. The van der Waals surface area contributed by atoms with Crippen molar-refractivity contribution in [2.75, 3.05) is 7.11 Å². The molecule has 2 N–H and O–H groups in total. The lowest BCUT2D eigenvalue weighted by Gasteiger charge is -2.19. The highest BCUT2D eigenvalue weighted by Gasteiger charge is 2.33. The quantitative estimate of drug-likeness (QED) is 0.833.